The van der Waals surface area contributed by atoms with Crippen molar-refractivity contribution in [1.82, 2.24) is 0 Å². The third kappa shape index (κ3) is 3.89. The molecule has 1 rings (SSSR count). The number of ketones is 1. The summed E-state index contributed by atoms with van der Waals surface area (Å²) in [4.78, 5) is 11.9. The van der Waals surface area contributed by atoms with Crippen LogP contribution in [0.5, 0.6) is 0 Å². The fourth-order valence-electron chi connectivity index (χ4n) is 1.97. The molecule has 0 aliphatic heterocycles. The van der Waals surface area contributed by atoms with Crippen LogP contribution >= 0.6 is 15.9 Å². The Labute approximate surface area is 115 Å². The molecular formula is C14H18BrFO2. The number of carbonyl (C=O) groups is 1. The van der Waals surface area contributed by atoms with Crippen molar-refractivity contribution in [2.24, 2.45) is 5.92 Å². The first-order valence-corrected chi connectivity index (χ1v) is 6.93. The van der Waals surface area contributed by atoms with Crippen molar-refractivity contribution < 1.29 is 14.3 Å². The van der Waals surface area contributed by atoms with Gasteiger partial charge in [0.05, 0.1) is 0 Å². The molecule has 1 atom stereocenters. The van der Waals surface area contributed by atoms with Crippen molar-refractivity contribution in [3.63, 3.8) is 0 Å². The van der Waals surface area contributed by atoms with Crippen LogP contribution in [-0.4, -0.2) is 17.0 Å². The van der Waals surface area contributed by atoms with E-state index in [1.54, 1.807) is 6.07 Å². The average molecular weight is 317 g/mol. The van der Waals surface area contributed by atoms with Crippen molar-refractivity contribution >= 4 is 21.7 Å². The summed E-state index contributed by atoms with van der Waals surface area (Å²) in [7, 11) is 0. The lowest BCUT2D eigenvalue weighted by molar-refractivity contribution is -0.129. The van der Waals surface area contributed by atoms with Crippen molar-refractivity contribution in [1.29, 1.82) is 0 Å². The zero-order valence-corrected chi connectivity index (χ0v) is 12.2. The maximum atomic E-state index is 13.1. The quantitative estimate of drug-likeness (QED) is 0.872. The van der Waals surface area contributed by atoms with Crippen LogP contribution in [0.1, 0.15) is 32.3 Å². The lowest BCUT2D eigenvalue weighted by atomic mass is 9.91. The predicted molar refractivity (Wildman–Crippen MR) is 72.9 cm³/mol. The molecule has 0 bridgehead atoms. The number of Topliss-reactive ketones (excluding diaryl/α,β-unsaturated/α-hetero) is 1. The molecule has 0 heterocycles. The molecule has 0 spiro atoms. The first-order chi connectivity index (χ1) is 8.49. The summed E-state index contributed by atoms with van der Waals surface area (Å²) >= 11 is 3.28. The molecule has 18 heavy (non-hydrogen) atoms. The van der Waals surface area contributed by atoms with Gasteiger partial charge in [0.1, 0.15) is 11.9 Å². The largest absolute Gasteiger partial charge is 0.385 e. The number of aliphatic hydroxyl groups excluding tert-OH is 1. The second-order valence-corrected chi connectivity index (χ2v) is 5.25. The SMILES string of the molecule is CCC(CC)C(O)C(=O)Cc1cc(F)ccc1Br. The molecule has 1 unspecified atom stereocenters. The molecule has 1 aromatic carbocycles. The van der Waals surface area contributed by atoms with Gasteiger partial charge in [0.2, 0.25) is 0 Å². The van der Waals surface area contributed by atoms with Crippen LogP contribution in [-0.2, 0) is 11.2 Å². The molecule has 0 aliphatic rings. The summed E-state index contributed by atoms with van der Waals surface area (Å²) in [6.07, 6.45) is 0.604. The molecule has 1 N–H and O–H groups in total. The highest BCUT2D eigenvalue weighted by molar-refractivity contribution is 9.10. The maximum absolute atomic E-state index is 13.1. The van der Waals surface area contributed by atoms with Crippen LogP contribution in [0.15, 0.2) is 22.7 Å². The number of hydrogen-bond donors (Lipinski definition) is 1. The predicted octanol–water partition coefficient (Wildman–Crippen LogP) is 3.50. The summed E-state index contributed by atoms with van der Waals surface area (Å²) in [5.41, 5.74) is 0.574. The second-order valence-electron chi connectivity index (χ2n) is 4.40. The van der Waals surface area contributed by atoms with E-state index >= 15 is 0 Å². The minimum absolute atomic E-state index is 0.0233. The summed E-state index contributed by atoms with van der Waals surface area (Å²) in [5, 5.41) is 9.94. The van der Waals surface area contributed by atoms with Crippen molar-refractivity contribution in [3.8, 4) is 0 Å². The second kappa shape index (κ2) is 7.00. The fourth-order valence-corrected chi connectivity index (χ4v) is 2.36. The molecule has 0 aromatic heterocycles. The molecule has 1 aromatic rings. The molecule has 0 amide bonds. The van der Waals surface area contributed by atoms with E-state index in [1.807, 2.05) is 13.8 Å². The lowest BCUT2D eigenvalue weighted by Crippen LogP contribution is -2.30. The Kier molecular flexibility index (Phi) is 5.96. The normalized spacial score (nSPS) is 12.8. The van der Waals surface area contributed by atoms with Gasteiger partial charge in [-0.2, -0.15) is 0 Å². The van der Waals surface area contributed by atoms with E-state index in [-0.39, 0.29) is 23.9 Å². The average Bonchev–Trinajstić information content (AvgIpc) is 2.35. The first kappa shape index (κ1) is 15.3. The molecule has 2 nitrogen and oxygen atoms in total. The Morgan fingerprint density at radius 3 is 2.56 bits per heavy atom. The van der Waals surface area contributed by atoms with Gasteiger partial charge in [-0.05, 0) is 29.7 Å². The van der Waals surface area contributed by atoms with Gasteiger partial charge < -0.3 is 5.11 Å². The lowest BCUT2D eigenvalue weighted by Gasteiger charge is -2.19. The Morgan fingerprint density at radius 2 is 2.00 bits per heavy atom. The van der Waals surface area contributed by atoms with E-state index in [0.717, 1.165) is 12.8 Å². The number of benzene rings is 1. The van der Waals surface area contributed by atoms with Gasteiger partial charge in [-0.15, -0.1) is 0 Å². The third-order valence-corrected chi connectivity index (χ3v) is 3.97. The molecule has 0 aliphatic carbocycles. The van der Waals surface area contributed by atoms with E-state index in [2.05, 4.69) is 15.9 Å². The monoisotopic (exact) mass is 316 g/mol. The minimum atomic E-state index is -0.963. The molecule has 0 fully saturated rings. The fraction of sp³-hybridized carbons (Fsp3) is 0.500. The highest BCUT2D eigenvalue weighted by Gasteiger charge is 2.23. The van der Waals surface area contributed by atoms with E-state index in [9.17, 15) is 14.3 Å². The third-order valence-electron chi connectivity index (χ3n) is 3.20. The van der Waals surface area contributed by atoms with Gasteiger partial charge in [0, 0.05) is 10.9 Å². The van der Waals surface area contributed by atoms with Crippen molar-refractivity contribution in [2.45, 2.75) is 39.2 Å². The van der Waals surface area contributed by atoms with Crippen molar-refractivity contribution in [2.75, 3.05) is 0 Å². The number of hydrogen-bond acceptors (Lipinski definition) is 2. The highest BCUT2D eigenvalue weighted by Crippen LogP contribution is 2.21. The van der Waals surface area contributed by atoms with E-state index in [0.29, 0.717) is 10.0 Å². The van der Waals surface area contributed by atoms with Crippen LogP contribution in [0.4, 0.5) is 4.39 Å². The molecule has 0 saturated carbocycles. The molecule has 100 valence electrons. The Balaban J connectivity index is 2.78. The highest BCUT2D eigenvalue weighted by atomic mass is 79.9. The van der Waals surface area contributed by atoms with Gasteiger partial charge in [-0.3, -0.25) is 4.79 Å². The Morgan fingerprint density at radius 1 is 1.39 bits per heavy atom. The Hall–Kier alpha value is -0.740. The zero-order valence-electron chi connectivity index (χ0n) is 10.6. The molecule has 0 radical (unpaired) electrons. The van der Waals surface area contributed by atoms with Gasteiger partial charge in [0.15, 0.2) is 5.78 Å². The van der Waals surface area contributed by atoms with E-state index in [4.69, 9.17) is 0 Å². The molecule has 4 heteroatoms. The van der Waals surface area contributed by atoms with E-state index < -0.39 is 6.10 Å². The van der Waals surface area contributed by atoms with Crippen LogP contribution < -0.4 is 0 Å². The topological polar surface area (TPSA) is 37.3 Å². The smallest absolute Gasteiger partial charge is 0.165 e. The summed E-state index contributed by atoms with van der Waals surface area (Å²) in [6, 6.07) is 4.22. The number of aliphatic hydroxyl groups is 1. The van der Waals surface area contributed by atoms with Crippen LogP contribution in [0, 0.1) is 11.7 Å². The minimum Gasteiger partial charge on any atom is -0.385 e. The summed E-state index contributed by atoms with van der Waals surface area (Å²) in [6.45, 7) is 3.89. The summed E-state index contributed by atoms with van der Waals surface area (Å²) in [5.74, 6) is -0.655. The summed E-state index contributed by atoms with van der Waals surface area (Å²) < 4.78 is 13.8. The first-order valence-electron chi connectivity index (χ1n) is 6.14. The maximum Gasteiger partial charge on any atom is 0.165 e. The van der Waals surface area contributed by atoms with Crippen LogP contribution in [0.3, 0.4) is 0 Å². The van der Waals surface area contributed by atoms with Gasteiger partial charge in [-0.1, -0.05) is 42.6 Å². The van der Waals surface area contributed by atoms with E-state index in [1.165, 1.54) is 12.1 Å². The molecule has 0 saturated heterocycles. The van der Waals surface area contributed by atoms with Crippen LogP contribution in [0.2, 0.25) is 0 Å². The zero-order chi connectivity index (χ0) is 13.7. The molecular weight excluding hydrogens is 299 g/mol. The van der Waals surface area contributed by atoms with Gasteiger partial charge in [0.25, 0.3) is 0 Å². The van der Waals surface area contributed by atoms with Gasteiger partial charge in [-0.25, -0.2) is 4.39 Å². The van der Waals surface area contributed by atoms with Gasteiger partial charge >= 0.3 is 0 Å². The Bertz CT molecular complexity index is 416. The van der Waals surface area contributed by atoms with Crippen molar-refractivity contribution in [3.05, 3.63) is 34.1 Å². The standard InChI is InChI=1S/C14H18BrFO2/c1-3-9(4-2)14(18)13(17)8-10-7-11(16)5-6-12(10)15/h5-7,9,14,18H,3-4,8H2,1-2H3. The van der Waals surface area contributed by atoms with Crippen LogP contribution in [0.25, 0.3) is 0 Å². The number of carbonyl (C=O) groups excluding carboxylic acids is 1. The number of rotatable bonds is 6. The number of halogens is 2.